The second kappa shape index (κ2) is 7.11. The molecular formula is C17H12ClN3O4S. The number of nitro benzene ring substituents is 1. The average Bonchev–Trinajstić information content (AvgIpc) is 2.95. The molecule has 1 heterocycles. The first-order valence-corrected chi connectivity index (χ1v) is 8.56. The fourth-order valence-electron chi connectivity index (χ4n) is 2.36. The molecule has 2 aromatic carbocycles. The second-order valence-electron chi connectivity index (χ2n) is 5.40. The van der Waals surface area contributed by atoms with E-state index >= 15 is 0 Å². The summed E-state index contributed by atoms with van der Waals surface area (Å²) in [6, 6.07) is 9.78. The maximum absolute atomic E-state index is 12.3. The van der Waals surface area contributed by atoms with Crippen molar-refractivity contribution in [3.63, 3.8) is 0 Å². The molecule has 1 amide bonds. The number of non-ortho nitro benzene ring substituents is 1. The number of rotatable bonds is 4. The van der Waals surface area contributed by atoms with E-state index in [4.69, 9.17) is 11.6 Å². The molecule has 7 nitrogen and oxygen atoms in total. The lowest BCUT2D eigenvalue weighted by Crippen LogP contribution is -2.16. The standard InChI is InChI=1S/C17H12ClN3O4S/c1-9-6-11(21(24)25)7-10(15(9)22)8-19-20-17(23)16-14(18)12-4-2-3-5-13(12)26-16/h2-8,22H,1H3,(H,20,23)/b19-8+. The number of amides is 1. The number of halogens is 1. The van der Waals surface area contributed by atoms with Crippen LogP contribution in [0, 0.1) is 17.0 Å². The Hall–Kier alpha value is -2.97. The summed E-state index contributed by atoms with van der Waals surface area (Å²) >= 11 is 7.47. The highest BCUT2D eigenvalue weighted by Gasteiger charge is 2.17. The number of benzene rings is 2. The van der Waals surface area contributed by atoms with E-state index in [1.807, 2.05) is 24.3 Å². The number of fused-ring (bicyclic) bond motifs is 1. The lowest BCUT2D eigenvalue weighted by Gasteiger charge is -2.03. The Kier molecular flexibility index (Phi) is 4.88. The molecule has 3 rings (SSSR count). The number of nitrogens with one attached hydrogen (secondary N) is 1. The van der Waals surface area contributed by atoms with Gasteiger partial charge in [0, 0.05) is 27.8 Å². The Morgan fingerprint density at radius 1 is 1.38 bits per heavy atom. The molecule has 0 radical (unpaired) electrons. The minimum absolute atomic E-state index is 0.124. The molecular weight excluding hydrogens is 378 g/mol. The van der Waals surface area contributed by atoms with Crippen LogP contribution in [0.3, 0.4) is 0 Å². The minimum Gasteiger partial charge on any atom is -0.507 e. The first-order valence-electron chi connectivity index (χ1n) is 7.37. The lowest BCUT2D eigenvalue weighted by atomic mass is 10.1. The van der Waals surface area contributed by atoms with Crippen LogP contribution < -0.4 is 5.43 Å². The Morgan fingerprint density at radius 3 is 2.81 bits per heavy atom. The van der Waals surface area contributed by atoms with Gasteiger partial charge < -0.3 is 5.11 Å². The number of carbonyl (C=O) groups is 1. The SMILES string of the molecule is Cc1cc([N+](=O)[O-])cc(/C=N/NC(=O)c2sc3ccccc3c2Cl)c1O. The fraction of sp³-hybridized carbons (Fsp3) is 0.0588. The highest BCUT2D eigenvalue weighted by Crippen LogP contribution is 2.35. The molecule has 0 aliphatic carbocycles. The molecule has 3 aromatic rings. The van der Waals surface area contributed by atoms with E-state index in [0.717, 1.165) is 16.3 Å². The summed E-state index contributed by atoms with van der Waals surface area (Å²) in [6.45, 7) is 1.54. The van der Waals surface area contributed by atoms with E-state index in [9.17, 15) is 20.0 Å². The number of aromatic hydroxyl groups is 1. The van der Waals surface area contributed by atoms with Crippen molar-refractivity contribution in [3.8, 4) is 5.75 Å². The number of aryl methyl sites for hydroxylation is 1. The van der Waals surface area contributed by atoms with Gasteiger partial charge in [-0.05, 0) is 18.6 Å². The van der Waals surface area contributed by atoms with Gasteiger partial charge in [-0.2, -0.15) is 5.10 Å². The number of phenolic OH excluding ortho intramolecular Hbond substituents is 1. The Labute approximate surface area is 156 Å². The van der Waals surface area contributed by atoms with E-state index < -0.39 is 10.8 Å². The molecule has 132 valence electrons. The molecule has 0 saturated heterocycles. The van der Waals surface area contributed by atoms with Gasteiger partial charge in [-0.1, -0.05) is 29.8 Å². The van der Waals surface area contributed by atoms with Gasteiger partial charge in [0.25, 0.3) is 11.6 Å². The Bertz CT molecular complexity index is 1060. The molecule has 0 spiro atoms. The highest BCUT2D eigenvalue weighted by molar-refractivity contribution is 7.21. The quantitative estimate of drug-likeness (QED) is 0.395. The summed E-state index contributed by atoms with van der Waals surface area (Å²) in [7, 11) is 0. The monoisotopic (exact) mass is 389 g/mol. The third kappa shape index (κ3) is 3.37. The van der Waals surface area contributed by atoms with Crippen LogP contribution in [0.1, 0.15) is 20.8 Å². The summed E-state index contributed by atoms with van der Waals surface area (Å²) in [5.74, 6) is -0.650. The minimum atomic E-state index is -0.570. The molecule has 1 aromatic heterocycles. The molecule has 0 unspecified atom stereocenters. The van der Waals surface area contributed by atoms with E-state index in [1.165, 1.54) is 30.4 Å². The maximum atomic E-state index is 12.3. The topological polar surface area (TPSA) is 105 Å². The van der Waals surface area contributed by atoms with Gasteiger partial charge in [0.2, 0.25) is 0 Å². The Morgan fingerprint density at radius 2 is 2.12 bits per heavy atom. The summed E-state index contributed by atoms with van der Waals surface area (Å²) in [5, 5.41) is 25.8. The van der Waals surface area contributed by atoms with Crippen LogP contribution in [0.2, 0.25) is 5.02 Å². The van der Waals surface area contributed by atoms with E-state index in [0.29, 0.717) is 15.5 Å². The van der Waals surface area contributed by atoms with Crippen LogP contribution in [0.5, 0.6) is 5.75 Å². The molecule has 2 N–H and O–H groups in total. The highest BCUT2D eigenvalue weighted by atomic mass is 35.5. The molecule has 0 bridgehead atoms. The number of thiophene rings is 1. The van der Waals surface area contributed by atoms with Crippen molar-refractivity contribution in [1.29, 1.82) is 0 Å². The van der Waals surface area contributed by atoms with Crippen molar-refractivity contribution >= 4 is 50.8 Å². The first-order chi connectivity index (χ1) is 12.4. The molecule has 0 aliphatic heterocycles. The van der Waals surface area contributed by atoms with Crippen LogP contribution in [0.4, 0.5) is 5.69 Å². The maximum Gasteiger partial charge on any atom is 0.283 e. The van der Waals surface area contributed by atoms with Crippen molar-refractivity contribution < 1.29 is 14.8 Å². The lowest BCUT2D eigenvalue weighted by molar-refractivity contribution is -0.384. The van der Waals surface area contributed by atoms with Crippen LogP contribution in [0.15, 0.2) is 41.5 Å². The summed E-state index contributed by atoms with van der Waals surface area (Å²) in [4.78, 5) is 22.9. The number of nitrogens with zero attached hydrogens (tertiary/aromatic N) is 2. The van der Waals surface area contributed by atoms with E-state index in [2.05, 4.69) is 10.5 Å². The van der Waals surface area contributed by atoms with Crippen LogP contribution in [0.25, 0.3) is 10.1 Å². The van der Waals surface area contributed by atoms with Crippen molar-refractivity contribution in [1.82, 2.24) is 5.43 Å². The molecule has 0 aliphatic rings. The van der Waals surface area contributed by atoms with Gasteiger partial charge in [0.05, 0.1) is 16.2 Å². The largest absolute Gasteiger partial charge is 0.507 e. The van der Waals surface area contributed by atoms with Gasteiger partial charge in [0.1, 0.15) is 10.6 Å². The molecule has 0 atom stereocenters. The fourth-order valence-corrected chi connectivity index (χ4v) is 3.77. The smallest absolute Gasteiger partial charge is 0.283 e. The number of nitro groups is 1. The normalized spacial score (nSPS) is 11.2. The molecule has 0 fully saturated rings. The molecule has 26 heavy (non-hydrogen) atoms. The number of hydrogen-bond acceptors (Lipinski definition) is 6. The zero-order chi connectivity index (χ0) is 18.8. The summed E-state index contributed by atoms with van der Waals surface area (Å²) in [5.41, 5.74) is 2.60. The van der Waals surface area contributed by atoms with Gasteiger partial charge in [-0.3, -0.25) is 14.9 Å². The van der Waals surface area contributed by atoms with Crippen molar-refractivity contribution in [3.05, 3.63) is 67.5 Å². The number of hydrogen-bond donors (Lipinski definition) is 2. The van der Waals surface area contributed by atoms with Crippen molar-refractivity contribution in [2.45, 2.75) is 6.92 Å². The third-order valence-corrected chi connectivity index (χ3v) is 5.31. The van der Waals surface area contributed by atoms with Gasteiger partial charge in [-0.15, -0.1) is 11.3 Å². The van der Waals surface area contributed by atoms with Crippen LogP contribution >= 0.6 is 22.9 Å². The summed E-state index contributed by atoms with van der Waals surface area (Å²) < 4.78 is 0.874. The number of carbonyl (C=O) groups excluding carboxylic acids is 1. The van der Waals surface area contributed by atoms with Gasteiger partial charge in [-0.25, -0.2) is 5.43 Å². The van der Waals surface area contributed by atoms with E-state index in [1.54, 1.807) is 0 Å². The Balaban J connectivity index is 1.83. The number of phenols is 1. The van der Waals surface area contributed by atoms with Crippen LogP contribution in [-0.2, 0) is 0 Å². The van der Waals surface area contributed by atoms with Crippen molar-refractivity contribution in [2.24, 2.45) is 5.10 Å². The predicted molar refractivity (Wildman–Crippen MR) is 101 cm³/mol. The summed E-state index contributed by atoms with van der Waals surface area (Å²) in [6.07, 6.45) is 1.15. The third-order valence-electron chi connectivity index (χ3n) is 3.64. The molecule has 9 heteroatoms. The zero-order valence-corrected chi connectivity index (χ0v) is 15.0. The molecule has 0 saturated carbocycles. The van der Waals surface area contributed by atoms with Gasteiger partial charge >= 0.3 is 0 Å². The van der Waals surface area contributed by atoms with Crippen LogP contribution in [-0.4, -0.2) is 22.2 Å². The first kappa shape index (κ1) is 17.8. The van der Waals surface area contributed by atoms with E-state index in [-0.39, 0.29) is 17.0 Å². The zero-order valence-electron chi connectivity index (χ0n) is 13.4. The predicted octanol–water partition coefficient (Wildman–Crippen LogP) is 4.24. The van der Waals surface area contributed by atoms with Crippen molar-refractivity contribution in [2.75, 3.05) is 0 Å². The number of hydrazone groups is 1. The van der Waals surface area contributed by atoms with Gasteiger partial charge in [0.15, 0.2) is 0 Å². The second-order valence-corrected chi connectivity index (χ2v) is 6.83. The average molecular weight is 390 g/mol.